The number of fused-ring (bicyclic) bond motifs is 3. The van der Waals surface area contributed by atoms with Gasteiger partial charge in [0.15, 0.2) is 11.3 Å². The highest BCUT2D eigenvalue weighted by atomic mass is 127. The van der Waals surface area contributed by atoms with Crippen LogP contribution in [0.3, 0.4) is 0 Å². The molecule has 4 aromatic rings. The minimum atomic E-state index is 0.213. The number of aromatic nitrogens is 5. The quantitative estimate of drug-likeness (QED) is 0.340. The summed E-state index contributed by atoms with van der Waals surface area (Å²) < 4.78 is 14.0. The topological polar surface area (TPSA) is 77.3 Å². The highest BCUT2D eigenvalue weighted by molar-refractivity contribution is 14.1. The molecule has 0 radical (unpaired) electrons. The maximum absolute atomic E-state index is 6.22. The van der Waals surface area contributed by atoms with Crippen molar-refractivity contribution in [2.75, 3.05) is 7.11 Å². The summed E-state index contributed by atoms with van der Waals surface area (Å²) in [5.74, 6) is 2.16. The Kier molecular flexibility index (Phi) is 4.67. The summed E-state index contributed by atoms with van der Waals surface area (Å²) in [7, 11) is 1.68. The number of nitrogens with zero attached hydrogens (tertiary/aromatic N) is 4. The van der Waals surface area contributed by atoms with Crippen molar-refractivity contribution in [2.24, 2.45) is 0 Å². The fourth-order valence-corrected chi connectivity index (χ4v) is 5.10. The van der Waals surface area contributed by atoms with Gasteiger partial charge in [0, 0.05) is 16.0 Å². The number of hydrogen-bond donors (Lipinski definition) is 1. The molecule has 3 heterocycles. The van der Waals surface area contributed by atoms with Crippen LogP contribution < -0.4 is 4.74 Å². The standard InChI is InChI=1S/C20H20IN5O2/c1-27-13-4-2-12(3-5-13)11-28-14-8-15(16(21)9-14)20-25-24-18-10-23-19-17(26(18)20)6-7-22-19/h2-7,10,14-16,22H,8-9,11H2,1H3/t14-,15+,16-/m1/s1. The van der Waals surface area contributed by atoms with Crippen molar-refractivity contribution >= 4 is 39.4 Å². The van der Waals surface area contributed by atoms with E-state index in [1.54, 1.807) is 13.3 Å². The normalized spacial score (nSPS) is 22.3. The van der Waals surface area contributed by atoms with Gasteiger partial charge in [-0.25, -0.2) is 4.98 Å². The van der Waals surface area contributed by atoms with E-state index >= 15 is 0 Å². The van der Waals surface area contributed by atoms with Crippen LogP contribution in [-0.2, 0) is 11.3 Å². The molecule has 1 fully saturated rings. The molecule has 0 amide bonds. The van der Waals surface area contributed by atoms with Crippen LogP contribution in [0.4, 0.5) is 0 Å². The summed E-state index contributed by atoms with van der Waals surface area (Å²) in [6.45, 7) is 0.608. The highest BCUT2D eigenvalue weighted by Gasteiger charge is 2.37. The molecule has 1 aromatic carbocycles. The van der Waals surface area contributed by atoms with E-state index in [0.717, 1.165) is 46.8 Å². The molecule has 0 unspecified atom stereocenters. The Morgan fingerprint density at radius 3 is 2.86 bits per heavy atom. The molecule has 0 spiro atoms. The molecule has 28 heavy (non-hydrogen) atoms. The van der Waals surface area contributed by atoms with Crippen molar-refractivity contribution in [3.63, 3.8) is 0 Å². The SMILES string of the molecule is COc1ccc(CO[C@H]2C[C@@H](I)[C@@H](c3nnc4cnc5[nH]ccc5n34)C2)cc1. The maximum atomic E-state index is 6.22. The predicted octanol–water partition coefficient (Wildman–Crippen LogP) is 3.88. The fraction of sp³-hybridized carbons (Fsp3) is 0.350. The lowest BCUT2D eigenvalue weighted by Crippen LogP contribution is -2.10. The zero-order chi connectivity index (χ0) is 19.1. The van der Waals surface area contributed by atoms with Crippen LogP contribution in [0, 0.1) is 0 Å². The van der Waals surface area contributed by atoms with E-state index in [9.17, 15) is 0 Å². The maximum Gasteiger partial charge on any atom is 0.179 e. The smallest absolute Gasteiger partial charge is 0.179 e. The molecule has 1 N–H and O–H groups in total. The van der Waals surface area contributed by atoms with Crippen LogP contribution in [0.15, 0.2) is 42.7 Å². The van der Waals surface area contributed by atoms with Crippen molar-refractivity contribution in [2.45, 2.75) is 35.4 Å². The van der Waals surface area contributed by atoms with Gasteiger partial charge in [0.1, 0.15) is 11.6 Å². The Morgan fingerprint density at radius 1 is 1.18 bits per heavy atom. The molecular formula is C20H20IN5O2. The number of nitrogens with one attached hydrogen (secondary N) is 1. The van der Waals surface area contributed by atoms with Crippen molar-refractivity contribution in [1.82, 2.24) is 24.6 Å². The van der Waals surface area contributed by atoms with E-state index in [-0.39, 0.29) is 6.10 Å². The molecule has 1 saturated carbocycles. The van der Waals surface area contributed by atoms with Gasteiger partial charge in [-0.3, -0.25) is 4.40 Å². The summed E-state index contributed by atoms with van der Waals surface area (Å²) in [5.41, 5.74) is 3.81. The zero-order valence-electron chi connectivity index (χ0n) is 15.4. The average molecular weight is 489 g/mol. The van der Waals surface area contributed by atoms with Gasteiger partial charge in [-0.1, -0.05) is 34.7 Å². The first kappa shape index (κ1) is 17.9. The molecule has 0 saturated heterocycles. The zero-order valence-corrected chi connectivity index (χ0v) is 17.5. The second-order valence-electron chi connectivity index (χ2n) is 7.10. The van der Waals surface area contributed by atoms with Crippen LogP contribution in [0.25, 0.3) is 16.8 Å². The molecule has 0 aliphatic heterocycles. The lowest BCUT2D eigenvalue weighted by atomic mass is 10.1. The minimum Gasteiger partial charge on any atom is -0.497 e. The first-order valence-corrected chi connectivity index (χ1v) is 10.5. The lowest BCUT2D eigenvalue weighted by molar-refractivity contribution is 0.0449. The van der Waals surface area contributed by atoms with E-state index in [1.165, 1.54) is 0 Å². The van der Waals surface area contributed by atoms with Crippen molar-refractivity contribution in [3.05, 3.63) is 54.1 Å². The summed E-state index contributed by atoms with van der Waals surface area (Å²) in [6.07, 6.45) is 5.84. The van der Waals surface area contributed by atoms with E-state index in [4.69, 9.17) is 9.47 Å². The lowest BCUT2D eigenvalue weighted by Gasteiger charge is -2.13. The molecule has 5 rings (SSSR count). The third kappa shape index (κ3) is 3.14. The summed E-state index contributed by atoms with van der Waals surface area (Å²) in [6, 6.07) is 10.1. The van der Waals surface area contributed by atoms with Crippen molar-refractivity contribution < 1.29 is 9.47 Å². The third-order valence-corrected chi connectivity index (χ3v) is 6.76. The monoisotopic (exact) mass is 489 g/mol. The van der Waals surface area contributed by atoms with Gasteiger partial charge >= 0.3 is 0 Å². The highest BCUT2D eigenvalue weighted by Crippen LogP contribution is 2.41. The van der Waals surface area contributed by atoms with Gasteiger partial charge in [-0.05, 0) is 36.6 Å². The number of rotatable bonds is 5. The van der Waals surface area contributed by atoms with Gasteiger partial charge in [-0.2, -0.15) is 0 Å². The number of methoxy groups -OCH3 is 1. The first-order chi connectivity index (χ1) is 13.7. The molecule has 3 aromatic heterocycles. The summed E-state index contributed by atoms with van der Waals surface area (Å²) in [4.78, 5) is 7.57. The van der Waals surface area contributed by atoms with Crippen LogP contribution in [0.2, 0.25) is 0 Å². The van der Waals surface area contributed by atoms with E-state index in [0.29, 0.717) is 16.4 Å². The number of halogens is 1. The Hall–Kier alpha value is -2.20. The van der Waals surface area contributed by atoms with Gasteiger partial charge in [-0.15, -0.1) is 10.2 Å². The number of alkyl halides is 1. The Morgan fingerprint density at radius 2 is 2.04 bits per heavy atom. The number of ether oxygens (including phenoxy) is 2. The Balaban J connectivity index is 1.34. The summed E-state index contributed by atoms with van der Waals surface area (Å²) in [5, 5.41) is 8.86. The Labute approximate surface area is 175 Å². The average Bonchev–Trinajstić information content (AvgIpc) is 3.43. The van der Waals surface area contributed by atoms with E-state index in [1.807, 2.05) is 24.4 Å². The van der Waals surface area contributed by atoms with Crippen molar-refractivity contribution in [1.29, 1.82) is 0 Å². The van der Waals surface area contributed by atoms with Crippen molar-refractivity contribution in [3.8, 4) is 5.75 Å². The first-order valence-electron chi connectivity index (χ1n) is 9.28. The number of benzene rings is 1. The van der Waals surface area contributed by atoms with E-state index in [2.05, 4.69) is 59.3 Å². The molecule has 1 aliphatic rings. The van der Waals surface area contributed by atoms with Crippen LogP contribution in [0.5, 0.6) is 5.75 Å². The Bertz CT molecular complexity index is 1110. The largest absolute Gasteiger partial charge is 0.497 e. The van der Waals surface area contributed by atoms with Crippen LogP contribution in [-0.4, -0.2) is 41.7 Å². The van der Waals surface area contributed by atoms with Gasteiger partial charge in [0.2, 0.25) is 0 Å². The number of aromatic amines is 1. The minimum absolute atomic E-state index is 0.213. The van der Waals surface area contributed by atoms with Crippen LogP contribution in [0.1, 0.15) is 30.1 Å². The molecule has 7 nitrogen and oxygen atoms in total. The number of H-pyrrole nitrogens is 1. The molecule has 3 atom stereocenters. The molecule has 8 heteroatoms. The fourth-order valence-electron chi connectivity index (χ4n) is 3.92. The predicted molar refractivity (Wildman–Crippen MR) is 114 cm³/mol. The van der Waals surface area contributed by atoms with E-state index < -0.39 is 0 Å². The second-order valence-corrected chi connectivity index (χ2v) is 8.70. The summed E-state index contributed by atoms with van der Waals surface area (Å²) >= 11 is 2.53. The van der Waals surface area contributed by atoms with Gasteiger partial charge < -0.3 is 14.5 Å². The molecule has 144 valence electrons. The van der Waals surface area contributed by atoms with Crippen LogP contribution >= 0.6 is 22.6 Å². The molecule has 1 aliphatic carbocycles. The van der Waals surface area contributed by atoms with Gasteiger partial charge in [0.25, 0.3) is 0 Å². The number of hydrogen-bond acceptors (Lipinski definition) is 5. The molecule has 0 bridgehead atoms. The molecular weight excluding hydrogens is 469 g/mol. The third-order valence-electron chi connectivity index (χ3n) is 5.38. The van der Waals surface area contributed by atoms with Gasteiger partial charge in [0.05, 0.1) is 31.5 Å². The second kappa shape index (κ2) is 7.32.